The van der Waals surface area contributed by atoms with Crippen molar-refractivity contribution in [2.45, 2.75) is 32.2 Å². The Bertz CT molecular complexity index is 649. The third kappa shape index (κ3) is 3.83. The van der Waals surface area contributed by atoms with E-state index in [4.69, 9.17) is 0 Å². The number of carbonyl (C=O) groups is 1. The summed E-state index contributed by atoms with van der Waals surface area (Å²) in [5, 5.41) is 15.2. The van der Waals surface area contributed by atoms with E-state index in [1.807, 2.05) is 29.6 Å². The SMILES string of the molecule is CC(C)(C)c1nc(C(Nc2ccccc2Br)C(=O)O)cs1. The zero-order valence-electron chi connectivity index (χ0n) is 12.1. The number of aliphatic carboxylic acids is 1. The fourth-order valence-corrected chi connectivity index (χ4v) is 3.09. The van der Waals surface area contributed by atoms with Crippen LogP contribution in [0.15, 0.2) is 34.1 Å². The molecule has 1 atom stereocenters. The van der Waals surface area contributed by atoms with Gasteiger partial charge in [0.1, 0.15) is 0 Å². The Labute approximate surface area is 136 Å². The molecule has 0 saturated carbocycles. The summed E-state index contributed by atoms with van der Waals surface area (Å²) in [5.74, 6) is -0.948. The van der Waals surface area contributed by atoms with Crippen molar-refractivity contribution < 1.29 is 9.90 Å². The average Bonchev–Trinajstić information content (AvgIpc) is 2.86. The maximum absolute atomic E-state index is 11.6. The Morgan fingerprint density at radius 3 is 2.57 bits per heavy atom. The molecule has 1 aromatic heterocycles. The molecule has 0 bridgehead atoms. The van der Waals surface area contributed by atoms with Crippen molar-refractivity contribution in [1.82, 2.24) is 4.98 Å². The summed E-state index contributed by atoms with van der Waals surface area (Å²) >= 11 is 4.90. The maximum atomic E-state index is 11.6. The summed E-state index contributed by atoms with van der Waals surface area (Å²) in [6.07, 6.45) is 0. The molecule has 0 saturated heterocycles. The minimum absolute atomic E-state index is 0.0840. The number of para-hydroxylation sites is 1. The van der Waals surface area contributed by atoms with Crippen molar-refractivity contribution in [2.75, 3.05) is 5.32 Å². The molecule has 2 N–H and O–H groups in total. The highest BCUT2D eigenvalue weighted by Crippen LogP contribution is 2.30. The van der Waals surface area contributed by atoms with Crippen LogP contribution in [0.3, 0.4) is 0 Å². The van der Waals surface area contributed by atoms with E-state index in [0.29, 0.717) is 5.69 Å². The van der Waals surface area contributed by atoms with Crippen LogP contribution < -0.4 is 5.32 Å². The van der Waals surface area contributed by atoms with Crippen LogP contribution in [0.25, 0.3) is 0 Å². The molecule has 0 aliphatic rings. The van der Waals surface area contributed by atoms with Crippen LogP contribution >= 0.6 is 27.3 Å². The van der Waals surface area contributed by atoms with Gasteiger partial charge >= 0.3 is 5.97 Å². The number of halogens is 1. The van der Waals surface area contributed by atoms with Crippen LogP contribution in [-0.4, -0.2) is 16.1 Å². The normalized spacial score (nSPS) is 13.0. The largest absolute Gasteiger partial charge is 0.479 e. The van der Waals surface area contributed by atoms with Gasteiger partial charge in [0.25, 0.3) is 0 Å². The number of hydrogen-bond donors (Lipinski definition) is 2. The van der Waals surface area contributed by atoms with Gasteiger partial charge in [-0.15, -0.1) is 11.3 Å². The summed E-state index contributed by atoms with van der Waals surface area (Å²) < 4.78 is 0.822. The van der Waals surface area contributed by atoms with Gasteiger partial charge in [-0.25, -0.2) is 9.78 Å². The lowest BCUT2D eigenvalue weighted by atomic mass is 9.98. The molecule has 0 aliphatic carbocycles. The topological polar surface area (TPSA) is 62.2 Å². The molecule has 0 spiro atoms. The van der Waals surface area contributed by atoms with Crippen molar-refractivity contribution in [3.05, 3.63) is 44.8 Å². The predicted molar refractivity (Wildman–Crippen MR) is 89.0 cm³/mol. The highest BCUT2D eigenvalue weighted by Gasteiger charge is 2.26. The van der Waals surface area contributed by atoms with E-state index >= 15 is 0 Å². The van der Waals surface area contributed by atoms with Gasteiger partial charge in [-0.1, -0.05) is 32.9 Å². The molecule has 4 nitrogen and oxygen atoms in total. The monoisotopic (exact) mass is 368 g/mol. The number of carboxylic acids is 1. The van der Waals surface area contributed by atoms with E-state index in [0.717, 1.165) is 15.2 Å². The van der Waals surface area contributed by atoms with Gasteiger partial charge in [0.05, 0.1) is 10.7 Å². The van der Waals surface area contributed by atoms with Gasteiger partial charge in [0.2, 0.25) is 0 Å². The van der Waals surface area contributed by atoms with E-state index in [2.05, 4.69) is 47.0 Å². The van der Waals surface area contributed by atoms with E-state index in [9.17, 15) is 9.90 Å². The zero-order valence-corrected chi connectivity index (χ0v) is 14.5. The summed E-state index contributed by atoms with van der Waals surface area (Å²) in [4.78, 5) is 16.1. The van der Waals surface area contributed by atoms with Gasteiger partial charge < -0.3 is 10.4 Å². The van der Waals surface area contributed by atoms with Crippen LogP contribution in [0, 0.1) is 0 Å². The molecule has 1 heterocycles. The Balaban J connectivity index is 2.30. The molecule has 0 amide bonds. The van der Waals surface area contributed by atoms with Gasteiger partial charge in [-0.05, 0) is 28.1 Å². The summed E-state index contributed by atoms with van der Waals surface area (Å²) in [6.45, 7) is 6.19. The number of benzene rings is 1. The summed E-state index contributed by atoms with van der Waals surface area (Å²) in [7, 11) is 0. The van der Waals surface area contributed by atoms with Crippen molar-refractivity contribution in [1.29, 1.82) is 0 Å². The van der Waals surface area contributed by atoms with Crippen LogP contribution in [0.5, 0.6) is 0 Å². The van der Waals surface area contributed by atoms with Gasteiger partial charge in [-0.2, -0.15) is 0 Å². The highest BCUT2D eigenvalue weighted by atomic mass is 79.9. The second-order valence-electron chi connectivity index (χ2n) is 5.72. The van der Waals surface area contributed by atoms with Gasteiger partial charge in [0, 0.05) is 21.0 Å². The number of anilines is 1. The fraction of sp³-hybridized carbons (Fsp3) is 0.333. The van der Waals surface area contributed by atoms with Crippen LogP contribution in [0.1, 0.15) is 37.5 Å². The molecule has 2 rings (SSSR count). The lowest BCUT2D eigenvalue weighted by molar-refractivity contribution is -0.138. The Hall–Kier alpha value is -1.40. The van der Waals surface area contributed by atoms with E-state index < -0.39 is 12.0 Å². The highest BCUT2D eigenvalue weighted by molar-refractivity contribution is 9.10. The van der Waals surface area contributed by atoms with Crippen molar-refractivity contribution in [3.8, 4) is 0 Å². The zero-order chi connectivity index (χ0) is 15.6. The van der Waals surface area contributed by atoms with E-state index in [1.54, 1.807) is 0 Å². The molecule has 112 valence electrons. The molecular weight excluding hydrogens is 352 g/mol. The third-order valence-corrected chi connectivity index (χ3v) is 4.86. The number of hydrogen-bond acceptors (Lipinski definition) is 4. The predicted octanol–water partition coefficient (Wildman–Crippen LogP) is 4.44. The number of nitrogens with zero attached hydrogens (tertiary/aromatic N) is 1. The van der Waals surface area contributed by atoms with Crippen LogP contribution in [0.2, 0.25) is 0 Å². The number of rotatable bonds is 4. The van der Waals surface area contributed by atoms with Gasteiger partial charge in [-0.3, -0.25) is 0 Å². The first-order chi connectivity index (χ1) is 9.79. The number of thiazole rings is 1. The maximum Gasteiger partial charge on any atom is 0.332 e. The summed E-state index contributed by atoms with van der Waals surface area (Å²) in [6, 6.07) is 6.56. The summed E-state index contributed by atoms with van der Waals surface area (Å²) in [5.41, 5.74) is 1.18. The second kappa shape index (κ2) is 6.15. The standard InChI is InChI=1S/C15H17BrN2O2S/c1-15(2,3)14-18-11(8-21-14)12(13(19)20)17-10-7-5-4-6-9(10)16/h4-8,12,17H,1-3H3,(H,19,20). The molecule has 21 heavy (non-hydrogen) atoms. The number of carboxylic acid groups (broad SMARTS) is 1. The van der Waals surface area contributed by atoms with Gasteiger partial charge in [0.15, 0.2) is 6.04 Å². The number of aromatic nitrogens is 1. The van der Waals surface area contributed by atoms with Crippen LogP contribution in [-0.2, 0) is 10.2 Å². The molecule has 1 unspecified atom stereocenters. The first-order valence-corrected chi connectivity index (χ1v) is 8.16. The first-order valence-electron chi connectivity index (χ1n) is 6.49. The lowest BCUT2D eigenvalue weighted by Gasteiger charge is -2.16. The first kappa shape index (κ1) is 16.0. The second-order valence-corrected chi connectivity index (χ2v) is 7.44. The minimum Gasteiger partial charge on any atom is -0.479 e. The number of nitrogens with one attached hydrogen (secondary N) is 1. The minimum atomic E-state index is -0.948. The van der Waals surface area contributed by atoms with Crippen molar-refractivity contribution in [2.24, 2.45) is 0 Å². The lowest BCUT2D eigenvalue weighted by Crippen LogP contribution is -2.21. The smallest absolute Gasteiger partial charge is 0.332 e. The van der Waals surface area contributed by atoms with Crippen LogP contribution in [0.4, 0.5) is 5.69 Å². The van der Waals surface area contributed by atoms with E-state index in [1.165, 1.54) is 11.3 Å². The fourth-order valence-electron chi connectivity index (χ4n) is 1.76. The van der Waals surface area contributed by atoms with Crippen molar-refractivity contribution in [3.63, 3.8) is 0 Å². The quantitative estimate of drug-likeness (QED) is 0.836. The Morgan fingerprint density at radius 2 is 2.05 bits per heavy atom. The Kier molecular flexibility index (Phi) is 4.68. The molecule has 0 aliphatic heterocycles. The molecule has 0 radical (unpaired) electrons. The molecule has 0 fully saturated rings. The average molecular weight is 369 g/mol. The Morgan fingerprint density at radius 1 is 1.38 bits per heavy atom. The van der Waals surface area contributed by atoms with Crippen molar-refractivity contribution >= 4 is 38.9 Å². The molecule has 6 heteroatoms. The molecular formula is C15H17BrN2O2S. The third-order valence-electron chi connectivity index (χ3n) is 2.88. The molecule has 2 aromatic rings. The molecule has 1 aromatic carbocycles. The van der Waals surface area contributed by atoms with E-state index in [-0.39, 0.29) is 5.41 Å².